The average molecular weight is 283 g/mol. The van der Waals surface area contributed by atoms with Gasteiger partial charge in [0, 0.05) is 12.0 Å². The molecule has 2 aromatic rings. The summed E-state index contributed by atoms with van der Waals surface area (Å²) in [6.45, 7) is 0.627. The number of aromatic carboxylic acids is 1. The van der Waals surface area contributed by atoms with Crippen molar-refractivity contribution in [1.29, 1.82) is 0 Å². The van der Waals surface area contributed by atoms with Crippen LogP contribution in [-0.2, 0) is 6.42 Å². The van der Waals surface area contributed by atoms with Gasteiger partial charge >= 0.3 is 5.97 Å². The van der Waals surface area contributed by atoms with E-state index in [2.05, 4.69) is 5.32 Å². The van der Waals surface area contributed by atoms with Crippen molar-refractivity contribution in [1.82, 2.24) is 0 Å². The quantitative estimate of drug-likeness (QED) is 0.907. The van der Waals surface area contributed by atoms with Crippen molar-refractivity contribution in [3.05, 3.63) is 59.2 Å². The molecule has 0 unspecified atom stereocenters. The molecule has 5 nitrogen and oxygen atoms in total. The lowest BCUT2D eigenvalue weighted by atomic mass is 10.1. The molecule has 3 rings (SSSR count). The summed E-state index contributed by atoms with van der Waals surface area (Å²) in [4.78, 5) is 23.4. The Hall–Kier alpha value is -2.82. The van der Waals surface area contributed by atoms with Gasteiger partial charge in [0.15, 0.2) is 0 Å². The number of ether oxygens (including phenoxy) is 1. The minimum absolute atomic E-state index is 0.0651. The number of carboxylic acid groups (broad SMARTS) is 1. The van der Waals surface area contributed by atoms with Crippen LogP contribution >= 0.6 is 0 Å². The number of hydrogen-bond donors (Lipinski definition) is 2. The lowest BCUT2D eigenvalue weighted by Crippen LogP contribution is -2.14. The number of benzene rings is 2. The minimum Gasteiger partial charge on any atom is -0.493 e. The molecule has 0 fully saturated rings. The molecule has 0 atom stereocenters. The minimum atomic E-state index is -1.08. The molecule has 21 heavy (non-hydrogen) atoms. The van der Waals surface area contributed by atoms with E-state index in [1.807, 2.05) is 0 Å². The molecular weight excluding hydrogens is 270 g/mol. The second-order valence-corrected chi connectivity index (χ2v) is 4.73. The van der Waals surface area contributed by atoms with E-state index in [1.54, 1.807) is 36.4 Å². The van der Waals surface area contributed by atoms with E-state index >= 15 is 0 Å². The third-order valence-corrected chi connectivity index (χ3v) is 3.36. The topological polar surface area (TPSA) is 75.6 Å². The van der Waals surface area contributed by atoms with Gasteiger partial charge in [0.2, 0.25) is 0 Å². The molecule has 106 valence electrons. The van der Waals surface area contributed by atoms with Gasteiger partial charge in [-0.15, -0.1) is 0 Å². The molecule has 1 heterocycles. The highest BCUT2D eigenvalue weighted by atomic mass is 16.5. The highest BCUT2D eigenvalue weighted by molar-refractivity contribution is 6.07. The smallest absolute Gasteiger partial charge is 0.337 e. The number of amides is 1. The maximum absolute atomic E-state index is 12.2. The number of nitrogens with one attached hydrogen (secondary N) is 1. The van der Waals surface area contributed by atoms with Crippen molar-refractivity contribution in [2.24, 2.45) is 0 Å². The van der Waals surface area contributed by atoms with E-state index in [4.69, 9.17) is 9.84 Å². The Morgan fingerprint density at radius 1 is 1.14 bits per heavy atom. The molecule has 1 aliphatic rings. The summed E-state index contributed by atoms with van der Waals surface area (Å²) in [5.41, 5.74) is 1.83. The SMILES string of the molecule is O=C(Nc1ccccc1C(=O)O)c1ccc2c(c1)CCO2. The monoisotopic (exact) mass is 283 g/mol. The first kappa shape index (κ1) is 13.2. The summed E-state index contributed by atoms with van der Waals surface area (Å²) in [7, 11) is 0. The van der Waals surface area contributed by atoms with Gasteiger partial charge in [-0.05, 0) is 35.9 Å². The third-order valence-electron chi connectivity index (χ3n) is 3.36. The number of carbonyl (C=O) groups excluding carboxylic acids is 1. The molecular formula is C16H13NO4. The number of rotatable bonds is 3. The number of carboxylic acids is 1. The molecule has 0 aromatic heterocycles. The number of anilines is 1. The summed E-state index contributed by atoms with van der Waals surface area (Å²) in [5.74, 6) is -0.607. The van der Waals surface area contributed by atoms with Crippen LogP contribution in [0.4, 0.5) is 5.69 Å². The molecule has 0 bridgehead atoms. The zero-order chi connectivity index (χ0) is 14.8. The highest BCUT2D eigenvalue weighted by Crippen LogP contribution is 2.26. The first-order chi connectivity index (χ1) is 10.1. The number of hydrogen-bond acceptors (Lipinski definition) is 3. The predicted molar refractivity (Wildman–Crippen MR) is 77.0 cm³/mol. The molecule has 5 heteroatoms. The second kappa shape index (κ2) is 5.28. The molecule has 0 saturated carbocycles. The molecule has 1 aliphatic heterocycles. The maximum atomic E-state index is 12.2. The van der Waals surface area contributed by atoms with Crippen LogP contribution in [0, 0.1) is 0 Å². The first-order valence-electron chi connectivity index (χ1n) is 6.54. The Labute approximate surface area is 121 Å². The Balaban J connectivity index is 1.85. The number of carbonyl (C=O) groups is 2. The van der Waals surface area contributed by atoms with E-state index < -0.39 is 5.97 Å². The van der Waals surface area contributed by atoms with Crippen LogP contribution in [-0.4, -0.2) is 23.6 Å². The first-order valence-corrected chi connectivity index (χ1v) is 6.54. The van der Waals surface area contributed by atoms with Gasteiger partial charge in [0.1, 0.15) is 5.75 Å². The zero-order valence-electron chi connectivity index (χ0n) is 11.1. The summed E-state index contributed by atoms with van der Waals surface area (Å²) in [6, 6.07) is 11.5. The van der Waals surface area contributed by atoms with Gasteiger partial charge in [-0.1, -0.05) is 12.1 Å². The van der Waals surface area contributed by atoms with Crippen molar-refractivity contribution >= 4 is 17.6 Å². The van der Waals surface area contributed by atoms with Crippen LogP contribution < -0.4 is 10.1 Å². The van der Waals surface area contributed by atoms with Gasteiger partial charge in [-0.25, -0.2) is 4.79 Å². The van der Waals surface area contributed by atoms with Crippen molar-refractivity contribution in [2.75, 3.05) is 11.9 Å². The Bertz CT molecular complexity index is 724. The van der Waals surface area contributed by atoms with Gasteiger partial charge in [0.25, 0.3) is 5.91 Å². The van der Waals surface area contributed by atoms with Crippen molar-refractivity contribution < 1.29 is 19.4 Å². The predicted octanol–water partition coefficient (Wildman–Crippen LogP) is 2.57. The molecule has 0 spiro atoms. The molecule has 0 saturated heterocycles. The van der Waals surface area contributed by atoms with Gasteiger partial charge in [-0.3, -0.25) is 4.79 Å². The van der Waals surface area contributed by atoms with E-state index in [0.717, 1.165) is 17.7 Å². The zero-order valence-corrected chi connectivity index (χ0v) is 11.1. The van der Waals surface area contributed by atoms with Crippen LogP contribution in [0.2, 0.25) is 0 Å². The molecule has 0 aliphatic carbocycles. The Morgan fingerprint density at radius 2 is 1.95 bits per heavy atom. The molecule has 0 radical (unpaired) electrons. The van der Waals surface area contributed by atoms with E-state index in [0.29, 0.717) is 12.2 Å². The fourth-order valence-electron chi connectivity index (χ4n) is 2.30. The third kappa shape index (κ3) is 2.58. The summed E-state index contributed by atoms with van der Waals surface area (Å²) in [6.07, 6.45) is 0.780. The van der Waals surface area contributed by atoms with E-state index in [-0.39, 0.29) is 17.2 Å². The van der Waals surface area contributed by atoms with Crippen molar-refractivity contribution in [2.45, 2.75) is 6.42 Å². The maximum Gasteiger partial charge on any atom is 0.337 e. The number of fused-ring (bicyclic) bond motifs is 1. The van der Waals surface area contributed by atoms with E-state index in [9.17, 15) is 9.59 Å². The normalized spacial score (nSPS) is 12.4. The molecule has 1 amide bonds. The fourth-order valence-corrected chi connectivity index (χ4v) is 2.30. The Kier molecular flexibility index (Phi) is 3.31. The summed E-state index contributed by atoms with van der Waals surface area (Å²) in [5, 5.41) is 11.7. The van der Waals surface area contributed by atoms with Crippen LogP contribution in [0.1, 0.15) is 26.3 Å². The van der Waals surface area contributed by atoms with E-state index in [1.165, 1.54) is 6.07 Å². The van der Waals surface area contributed by atoms with Gasteiger partial charge in [-0.2, -0.15) is 0 Å². The second-order valence-electron chi connectivity index (χ2n) is 4.73. The summed E-state index contributed by atoms with van der Waals surface area (Å²) < 4.78 is 5.39. The highest BCUT2D eigenvalue weighted by Gasteiger charge is 2.16. The van der Waals surface area contributed by atoms with Crippen LogP contribution in [0.25, 0.3) is 0 Å². The largest absolute Gasteiger partial charge is 0.493 e. The van der Waals surface area contributed by atoms with Crippen molar-refractivity contribution in [3.63, 3.8) is 0 Å². The van der Waals surface area contributed by atoms with Crippen LogP contribution in [0.15, 0.2) is 42.5 Å². The average Bonchev–Trinajstić information content (AvgIpc) is 2.94. The summed E-state index contributed by atoms with van der Waals surface area (Å²) >= 11 is 0. The van der Waals surface area contributed by atoms with Gasteiger partial charge < -0.3 is 15.2 Å². The van der Waals surface area contributed by atoms with Crippen LogP contribution in [0.3, 0.4) is 0 Å². The van der Waals surface area contributed by atoms with Crippen LogP contribution in [0.5, 0.6) is 5.75 Å². The lowest BCUT2D eigenvalue weighted by Gasteiger charge is -2.09. The number of para-hydroxylation sites is 1. The van der Waals surface area contributed by atoms with Crippen molar-refractivity contribution in [3.8, 4) is 5.75 Å². The molecule has 2 N–H and O–H groups in total. The van der Waals surface area contributed by atoms with Gasteiger partial charge in [0.05, 0.1) is 17.9 Å². The molecule has 2 aromatic carbocycles. The Morgan fingerprint density at radius 3 is 2.76 bits per heavy atom. The standard InChI is InChI=1S/C16H13NO4/c18-15(11-5-6-14-10(9-11)7-8-21-14)17-13-4-2-1-3-12(13)16(19)20/h1-6,9H,7-8H2,(H,17,18)(H,19,20). The lowest BCUT2D eigenvalue weighted by molar-refractivity contribution is 0.0698. The fraction of sp³-hybridized carbons (Fsp3) is 0.125.